The third kappa shape index (κ3) is 2.57. The number of Topliss-reactive ketones (excluding diaryl/α,β-unsaturated/α-hetero) is 2. The van der Waals surface area contributed by atoms with Crippen molar-refractivity contribution in [2.45, 2.75) is 18.0 Å². The van der Waals surface area contributed by atoms with Crippen molar-refractivity contribution in [3.8, 4) is 0 Å². The number of nitrogens with zero attached hydrogens (tertiary/aromatic N) is 1. The molecule has 34 heavy (non-hydrogen) atoms. The standard InChI is InChI=1S/C28H20BrNO4/c1-34-27(33)24-23(17-10-13-18(29)14-11-17)28(25(31)19-7-3-4-8-20(19)26(28)32)22-15-12-16-6-2-5-9-21(16)30(22)24/h2-15,22-24H,1H3/t22-,23+,24+/m1/s1. The van der Waals surface area contributed by atoms with Crippen molar-refractivity contribution in [1.29, 1.82) is 0 Å². The molecular weight excluding hydrogens is 494 g/mol. The van der Waals surface area contributed by atoms with Gasteiger partial charge in [-0.15, -0.1) is 0 Å². The molecule has 3 aromatic carbocycles. The number of fused-ring (bicyclic) bond motifs is 5. The zero-order chi connectivity index (χ0) is 23.6. The molecule has 3 aliphatic rings. The van der Waals surface area contributed by atoms with E-state index in [0.717, 1.165) is 21.3 Å². The molecule has 0 unspecified atom stereocenters. The van der Waals surface area contributed by atoms with Gasteiger partial charge in [0.15, 0.2) is 11.6 Å². The lowest BCUT2D eigenvalue weighted by Gasteiger charge is -2.36. The van der Waals surface area contributed by atoms with Crippen molar-refractivity contribution in [3.05, 3.63) is 106 Å². The number of ether oxygens (including phenoxy) is 1. The van der Waals surface area contributed by atoms with Crippen molar-refractivity contribution in [2.24, 2.45) is 5.41 Å². The number of hydrogen-bond acceptors (Lipinski definition) is 5. The minimum atomic E-state index is -1.49. The van der Waals surface area contributed by atoms with Gasteiger partial charge in [0.05, 0.1) is 13.2 Å². The highest BCUT2D eigenvalue weighted by molar-refractivity contribution is 9.10. The Kier molecular flexibility index (Phi) is 4.64. The van der Waals surface area contributed by atoms with E-state index >= 15 is 0 Å². The summed E-state index contributed by atoms with van der Waals surface area (Å²) < 4.78 is 6.16. The van der Waals surface area contributed by atoms with Gasteiger partial charge in [-0.2, -0.15) is 0 Å². The Morgan fingerprint density at radius 2 is 1.53 bits per heavy atom. The average molecular weight is 514 g/mol. The van der Waals surface area contributed by atoms with Crippen LogP contribution in [0.3, 0.4) is 0 Å². The molecule has 0 N–H and O–H groups in total. The summed E-state index contributed by atoms with van der Waals surface area (Å²) in [6.07, 6.45) is 3.85. The fourth-order valence-electron chi connectivity index (χ4n) is 6.05. The molecule has 0 bridgehead atoms. The van der Waals surface area contributed by atoms with Crippen LogP contribution in [0.4, 0.5) is 5.69 Å². The van der Waals surface area contributed by atoms with Crippen molar-refractivity contribution >= 4 is 45.2 Å². The average Bonchev–Trinajstić information content (AvgIpc) is 3.31. The van der Waals surface area contributed by atoms with Crippen LogP contribution in [0.2, 0.25) is 0 Å². The molecular formula is C28H20BrNO4. The van der Waals surface area contributed by atoms with Gasteiger partial charge < -0.3 is 9.64 Å². The summed E-state index contributed by atoms with van der Waals surface area (Å²) in [5.74, 6) is -1.70. The number of para-hydroxylation sites is 1. The highest BCUT2D eigenvalue weighted by Crippen LogP contribution is 2.60. The summed E-state index contributed by atoms with van der Waals surface area (Å²) in [4.78, 5) is 43.9. The molecule has 3 aromatic rings. The van der Waals surface area contributed by atoms with Gasteiger partial charge in [0, 0.05) is 27.2 Å². The van der Waals surface area contributed by atoms with E-state index in [9.17, 15) is 14.4 Å². The van der Waals surface area contributed by atoms with Crippen molar-refractivity contribution in [2.75, 3.05) is 12.0 Å². The third-order valence-corrected chi connectivity index (χ3v) is 7.91. The Balaban J connectivity index is 1.69. The lowest BCUT2D eigenvalue weighted by molar-refractivity contribution is -0.142. The molecule has 6 heteroatoms. The van der Waals surface area contributed by atoms with Gasteiger partial charge >= 0.3 is 5.97 Å². The molecule has 3 atom stereocenters. The molecule has 2 aliphatic heterocycles. The summed E-state index contributed by atoms with van der Waals surface area (Å²) >= 11 is 3.47. The van der Waals surface area contributed by atoms with Crippen LogP contribution >= 0.6 is 15.9 Å². The maximum Gasteiger partial charge on any atom is 0.329 e. The first-order chi connectivity index (χ1) is 16.5. The predicted octanol–water partition coefficient (Wildman–Crippen LogP) is 5.06. The van der Waals surface area contributed by atoms with Crippen LogP contribution in [0, 0.1) is 5.41 Å². The largest absolute Gasteiger partial charge is 0.467 e. The Bertz CT molecular complexity index is 1360. The highest BCUT2D eigenvalue weighted by Gasteiger charge is 2.71. The van der Waals surface area contributed by atoms with E-state index in [4.69, 9.17) is 4.74 Å². The topological polar surface area (TPSA) is 63.7 Å². The van der Waals surface area contributed by atoms with Gasteiger partial charge in [0.25, 0.3) is 0 Å². The second-order valence-electron chi connectivity index (χ2n) is 8.84. The van der Waals surface area contributed by atoms with E-state index < -0.39 is 29.4 Å². The first kappa shape index (κ1) is 21.1. The first-order valence-electron chi connectivity index (χ1n) is 11.1. The summed E-state index contributed by atoms with van der Waals surface area (Å²) in [5, 5.41) is 0. The highest BCUT2D eigenvalue weighted by atomic mass is 79.9. The lowest BCUT2D eigenvalue weighted by atomic mass is 9.65. The molecule has 1 fully saturated rings. The van der Waals surface area contributed by atoms with Crippen LogP contribution in [0.1, 0.15) is 37.8 Å². The molecule has 0 saturated carbocycles. The van der Waals surface area contributed by atoms with E-state index in [1.54, 1.807) is 24.3 Å². The number of esters is 1. The second-order valence-corrected chi connectivity index (χ2v) is 9.76. The molecule has 0 aromatic heterocycles. The molecule has 2 heterocycles. The number of ketones is 2. The number of carbonyl (C=O) groups excluding carboxylic acids is 3. The number of carbonyl (C=O) groups is 3. The molecule has 168 valence electrons. The molecule has 0 amide bonds. The fraction of sp³-hybridized carbons (Fsp3) is 0.179. The van der Waals surface area contributed by atoms with Crippen molar-refractivity contribution < 1.29 is 19.1 Å². The minimum Gasteiger partial charge on any atom is -0.467 e. The van der Waals surface area contributed by atoms with E-state index in [-0.39, 0.29) is 11.6 Å². The van der Waals surface area contributed by atoms with E-state index in [0.29, 0.717) is 11.1 Å². The molecule has 0 radical (unpaired) electrons. The number of benzene rings is 3. The van der Waals surface area contributed by atoms with E-state index in [1.807, 2.05) is 65.6 Å². The zero-order valence-corrected chi connectivity index (χ0v) is 19.9. The van der Waals surface area contributed by atoms with Crippen LogP contribution in [0.15, 0.2) is 83.3 Å². The summed E-state index contributed by atoms with van der Waals surface area (Å²) in [6, 6.07) is 20.7. The van der Waals surface area contributed by atoms with Crippen LogP contribution in [0.5, 0.6) is 0 Å². The predicted molar refractivity (Wildman–Crippen MR) is 132 cm³/mol. The van der Waals surface area contributed by atoms with Crippen LogP contribution in [-0.4, -0.2) is 36.7 Å². The van der Waals surface area contributed by atoms with Gasteiger partial charge in [0.1, 0.15) is 11.5 Å². The second kappa shape index (κ2) is 7.50. The number of rotatable bonds is 2. The van der Waals surface area contributed by atoms with E-state index in [1.165, 1.54) is 7.11 Å². The Morgan fingerprint density at radius 1 is 0.912 bits per heavy atom. The van der Waals surface area contributed by atoms with Gasteiger partial charge in [-0.25, -0.2) is 4.79 Å². The van der Waals surface area contributed by atoms with Gasteiger partial charge in [-0.3, -0.25) is 9.59 Å². The third-order valence-electron chi connectivity index (χ3n) is 7.38. The summed E-state index contributed by atoms with van der Waals surface area (Å²) in [6.45, 7) is 0. The van der Waals surface area contributed by atoms with Crippen molar-refractivity contribution in [3.63, 3.8) is 0 Å². The monoisotopic (exact) mass is 513 g/mol. The summed E-state index contributed by atoms with van der Waals surface area (Å²) in [7, 11) is 1.35. The lowest BCUT2D eigenvalue weighted by Crippen LogP contribution is -2.48. The fourth-order valence-corrected chi connectivity index (χ4v) is 6.32. The van der Waals surface area contributed by atoms with Crippen LogP contribution in [0.25, 0.3) is 6.08 Å². The first-order valence-corrected chi connectivity index (χ1v) is 11.9. The van der Waals surface area contributed by atoms with Gasteiger partial charge in [-0.1, -0.05) is 82.7 Å². The van der Waals surface area contributed by atoms with Crippen molar-refractivity contribution in [1.82, 2.24) is 0 Å². The van der Waals surface area contributed by atoms with Crippen LogP contribution in [-0.2, 0) is 9.53 Å². The zero-order valence-electron chi connectivity index (χ0n) is 18.3. The SMILES string of the molecule is COC(=O)[C@@H]1[C@H](c2ccc(Br)cc2)C2(C(=O)c3ccccc3C2=O)[C@H]2C=Cc3ccccc3N12. The number of hydrogen-bond donors (Lipinski definition) is 0. The molecule has 1 spiro atoms. The smallest absolute Gasteiger partial charge is 0.329 e. The summed E-state index contributed by atoms with van der Waals surface area (Å²) in [5.41, 5.74) is 1.81. The number of anilines is 1. The Hall–Kier alpha value is -3.51. The van der Waals surface area contributed by atoms with Crippen LogP contribution < -0.4 is 4.90 Å². The number of methoxy groups -OCH3 is 1. The van der Waals surface area contributed by atoms with Gasteiger partial charge in [-0.05, 0) is 29.3 Å². The molecule has 1 saturated heterocycles. The Morgan fingerprint density at radius 3 is 2.18 bits per heavy atom. The Labute approximate surface area is 205 Å². The molecule has 6 rings (SSSR count). The van der Waals surface area contributed by atoms with Gasteiger partial charge in [0.2, 0.25) is 0 Å². The molecule has 5 nitrogen and oxygen atoms in total. The quantitative estimate of drug-likeness (QED) is 0.354. The maximum atomic E-state index is 14.3. The maximum absolute atomic E-state index is 14.3. The number of halogens is 1. The molecule has 1 aliphatic carbocycles. The normalized spacial score (nSPS) is 23.6. The van der Waals surface area contributed by atoms with E-state index in [2.05, 4.69) is 15.9 Å². The minimum absolute atomic E-state index is 0.244.